The molecule has 6 heteroatoms. The summed E-state index contributed by atoms with van der Waals surface area (Å²) < 4.78 is 38.8. The Kier molecular flexibility index (Phi) is 4.09. The molecule has 1 unspecified atom stereocenters. The van der Waals surface area contributed by atoms with Crippen LogP contribution in [0.15, 0.2) is 30.3 Å². The summed E-state index contributed by atoms with van der Waals surface area (Å²) in [5.74, 6) is -0.396. The molecule has 104 valence electrons. The van der Waals surface area contributed by atoms with Gasteiger partial charge in [0.1, 0.15) is 6.04 Å². The lowest BCUT2D eigenvalue weighted by molar-refractivity contribution is -0.158. The number of hydrogen-bond donors (Lipinski definition) is 2. The average Bonchev–Trinajstić information content (AvgIpc) is 3.13. The Bertz CT molecular complexity index is 429. The maximum atomic E-state index is 12.9. The van der Waals surface area contributed by atoms with Crippen molar-refractivity contribution in [1.82, 2.24) is 10.6 Å². The minimum absolute atomic E-state index is 0.106. The Morgan fingerprint density at radius 2 is 1.89 bits per heavy atom. The predicted octanol–water partition coefficient (Wildman–Crippen LogP) is 2.16. The molecule has 1 aliphatic carbocycles. The van der Waals surface area contributed by atoms with Gasteiger partial charge in [0.15, 0.2) is 0 Å². The van der Waals surface area contributed by atoms with E-state index in [1.165, 1.54) is 12.1 Å². The third kappa shape index (κ3) is 4.24. The smallest absolute Gasteiger partial charge is 0.352 e. The first-order valence-corrected chi connectivity index (χ1v) is 6.11. The van der Waals surface area contributed by atoms with Crippen LogP contribution in [0.1, 0.15) is 24.4 Å². The van der Waals surface area contributed by atoms with Crippen LogP contribution in [-0.2, 0) is 4.79 Å². The van der Waals surface area contributed by atoms with Gasteiger partial charge in [-0.15, -0.1) is 0 Å². The largest absolute Gasteiger partial charge is 0.407 e. The minimum Gasteiger partial charge on any atom is -0.352 e. The molecule has 19 heavy (non-hydrogen) atoms. The molecule has 1 saturated carbocycles. The molecule has 0 heterocycles. The van der Waals surface area contributed by atoms with Crippen molar-refractivity contribution in [2.75, 3.05) is 6.54 Å². The van der Waals surface area contributed by atoms with Crippen molar-refractivity contribution in [2.45, 2.75) is 31.1 Å². The van der Waals surface area contributed by atoms with Crippen molar-refractivity contribution in [1.29, 1.82) is 0 Å². The molecule has 1 aliphatic rings. The highest BCUT2D eigenvalue weighted by atomic mass is 19.4. The van der Waals surface area contributed by atoms with Gasteiger partial charge in [0.2, 0.25) is 5.91 Å². The lowest BCUT2D eigenvalue weighted by Gasteiger charge is -2.21. The van der Waals surface area contributed by atoms with Crippen LogP contribution in [0, 0.1) is 0 Å². The number of halogens is 3. The molecule has 0 saturated heterocycles. The lowest BCUT2D eigenvalue weighted by Crippen LogP contribution is -2.41. The van der Waals surface area contributed by atoms with Crippen molar-refractivity contribution in [3.63, 3.8) is 0 Å². The average molecular weight is 272 g/mol. The number of nitrogens with one attached hydrogen (secondary N) is 2. The maximum absolute atomic E-state index is 12.9. The van der Waals surface area contributed by atoms with Crippen molar-refractivity contribution >= 4 is 5.91 Å². The molecule has 1 aromatic rings. The van der Waals surface area contributed by atoms with Crippen molar-refractivity contribution in [3.05, 3.63) is 35.9 Å². The van der Waals surface area contributed by atoms with E-state index in [9.17, 15) is 18.0 Å². The van der Waals surface area contributed by atoms with Crippen molar-refractivity contribution in [3.8, 4) is 0 Å². The molecule has 1 atom stereocenters. The second-order valence-electron chi connectivity index (χ2n) is 4.61. The van der Waals surface area contributed by atoms with E-state index in [-0.39, 0.29) is 18.2 Å². The molecule has 1 aromatic carbocycles. The van der Waals surface area contributed by atoms with Crippen LogP contribution < -0.4 is 10.6 Å². The fourth-order valence-electron chi connectivity index (χ4n) is 1.77. The molecular weight excluding hydrogens is 257 g/mol. The quantitative estimate of drug-likeness (QED) is 0.862. The summed E-state index contributed by atoms with van der Waals surface area (Å²) in [6, 6.07) is 5.85. The highest BCUT2D eigenvalue weighted by Crippen LogP contribution is 2.32. The molecule has 0 bridgehead atoms. The van der Waals surface area contributed by atoms with Gasteiger partial charge in [0.05, 0.1) is 6.54 Å². The van der Waals surface area contributed by atoms with Gasteiger partial charge in [0.25, 0.3) is 0 Å². The second-order valence-corrected chi connectivity index (χ2v) is 4.61. The van der Waals surface area contributed by atoms with E-state index in [4.69, 9.17) is 0 Å². The fraction of sp³-hybridized carbons (Fsp3) is 0.462. The molecule has 0 aromatic heterocycles. The zero-order valence-corrected chi connectivity index (χ0v) is 10.2. The minimum atomic E-state index is -4.43. The summed E-state index contributed by atoms with van der Waals surface area (Å²) in [6.07, 6.45) is -2.61. The Labute approximate surface area is 109 Å². The third-order valence-corrected chi connectivity index (χ3v) is 2.87. The number of rotatable bonds is 5. The second kappa shape index (κ2) is 5.61. The summed E-state index contributed by atoms with van der Waals surface area (Å²) in [4.78, 5) is 11.4. The lowest BCUT2D eigenvalue weighted by atomic mass is 10.1. The number of hydrogen-bond acceptors (Lipinski definition) is 2. The number of alkyl halides is 3. The number of carbonyl (C=O) groups excluding carboxylic acids is 1. The zero-order chi connectivity index (χ0) is 13.9. The number of carbonyl (C=O) groups is 1. The van der Waals surface area contributed by atoms with E-state index in [0.29, 0.717) is 0 Å². The summed E-state index contributed by atoms with van der Waals surface area (Å²) in [6.45, 7) is -0.338. The number of amides is 1. The predicted molar refractivity (Wildman–Crippen MR) is 64.4 cm³/mol. The first kappa shape index (κ1) is 13.9. The standard InChI is InChI=1S/C13H15F3N2O/c14-13(15,16)12(9-4-2-1-3-5-9)17-8-11(19)18-10-6-7-10/h1-5,10,12,17H,6-8H2,(H,18,19). The molecule has 1 fully saturated rings. The van der Waals surface area contributed by atoms with Crippen LogP contribution >= 0.6 is 0 Å². The van der Waals surface area contributed by atoms with Crippen LogP contribution in [0.2, 0.25) is 0 Å². The summed E-state index contributed by atoms with van der Waals surface area (Å²) >= 11 is 0. The monoisotopic (exact) mass is 272 g/mol. The van der Waals surface area contributed by atoms with Crippen LogP contribution in [0.3, 0.4) is 0 Å². The zero-order valence-electron chi connectivity index (χ0n) is 10.2. The molecule has 0 aliphatic heterocycles. The molecule has 3 nitrogen and oxygen atoms in total. The Morgan fingerprint density at radius 1 is 1.26 bits per heavy atom. The van der Waals surface area contributed by atoms with Crippen LogP contribution in [0.4, 0.5) is 13.2 Å². The normalized spacial score (nSPS) is 17.0. The topological polar surface area (TPSA) is 41.1 Å². The highest BCUT2D eigenvalue weighted by Gasteiger charge is 2.40. The van der Waals surface area contributed by atoms with Gasteiger partial charge in [-0.05, 0) is 18.4 Å². The third-order valence-electron chi connectivity index (χ3n) is 2.87. The molecule has 2 N–H and O–H groups in total. The van der Waals surface area contributed by atoms with E-state index >= 15 is 0 Å². The van der Waals surface area contributed by atoms with Gasteiger partial charge in [0, 0.05) is 6.04 Å². The first-order valence-electron chi connectivity index (χ1n) is 6.11. The summed E-state index contributed by atoms with van der Waals surface area (Å²) in [7, 11) is 0. The Morgan fingerprint density at radius 3 is 2.42 bits per heavy atom. The summed E-state index contributed by atoms with van der Waals surface area (Å²) in [5, 5.41) is 4.92. The van der Waals surface area contributed by atoms with Gasteiger partial charge >= 0.3 is 6.18 Å². The molecule has 2 rings (SSSR count). The van der Waals surface area contributed by atoms with Crippen molar-refractivity contribution in [2.24, 2.45) is 0 Å². The first-order chi connectivity index (χ1) is 8.97. The maximum Gasteiger partial charge on any atom is 0.407 e. The molecular formula is C13H15F3N2O. The number of benzene rings is 1. The van der Waals surface area contributed by atoms with Gasteiger partial charge < -0.3 is 5.32 Å². The van der Waals surface area contributed by atoms with Gasteiger partial charge in [-0.2, -0.15) is 13.2 Å². The van der Waals surface area contributed by atoms with Crippen LogP contribution in [0.5, 0.6) is 0 Å². The van der Waals surface area contributed by atoms with Crippen LogP contribution in [0.25, 0.3) is 0 Å². The van der Waals surface area contributed by atoms with E-state index in [1.807, 2.05) is 0 Å². The van der Waals surface area contributed by atoms with E-state index < -0.39 is 18.1 Å². The van der Waals surface area contributed by atoms with E-state index in [2.05, 4.69) is 10.6 Å². The van der Waals surface area contributed by atoms with Crippen molar-refractivity contribution < 1.29 is 18.0 Å². The van der Waals surface area contributed by atoms with Gasteiger partial charge in [-0.25, -0.2) is 0 Å². The van der Waals surface area contributed by atoms with E-state index in [0.717, 1.165) is 12.8 Å². The molecule has 0 spiro atoms. The van der Waals surface area contributed by atoms with Gasteiger partial charge in [-0.3, -0.25) is 10.1 Å². The Hall–Kier alpha value is -1.56. The Balaban J connectivity index is 1.96. The SMILES string of the molecule is O=C(CNC(c1ccccc1)C(F)(F)F)NC1CC1. The highest BCUT2D eigenvalue weighted by molar-refractivity contribution is 5.78. The van der Waals surface area contributed by atoms with Crippen LogP contribution in [-0.4, -0.2) is 24.7 Å². The summed E-state index contributed by atoms with van der Waals surface area (Å²) in [5.41, 5.74) is 0.106. The van der Waals surface area contributed by atoms with Gasteiger partial charge in [-0.1, -0.05) is 30.3 Å². The fourth-order valence-corrected chi connectivity index (χ4v) is 1.77. The molecule has 0 radical (unpaired) electrons. The molecule has 1 amide bonds. The van der Waals surface area contributed by atoms with E-state index in [1.54, 1.807) is 18.2 Å².